The third-order valence-corrected chi connectivity index (χ3v) is 5.74. The first-order valence-corrected chi connectivity index (χ1v) is 7.84. The van der Waals surface area contributed by atoms with Crippen molar-refractivity contribution in [3.05, 3.63) is 34.9 Å². The van der Waals surface area contributed by atoms with Gasteiger partial charge in [0.2, 0.25) is 0 Å². The van der Waals surface area contributed by atoms with Crippen LogP contribution in [0.15, 0.2) is 24.3 Å². The maximum atomic E-state index is 6.13. The van der Waals surface area contributed by atoms with Crippen LogP contribution in [-0.2, 0) is 5.75 Å². The predicted octanol–water partition coefficient (Wildman–Crippen LogP) is 4.67. The van der Waals surface area contributed by atoms with Crippen LogP contribution in [0.4, 0.5) is 0 Å². The van der Waals surface area contributed by atoms with Crippen LogP contribution in [0.3, 0.4) is 0 Å². The molecule has 88 valence electrons. The first-order chi connectivity index (χ1) is 7.76. The monoisotopic (exact) mass is 272 g/mol. The highest BCUT2D eigenvalue weighted by Crippen LogP contribution is 2.44. The van der Waals surface area contributed by atoms with Gasteiger partial charge in [-0.05, 0) is 35.6 Å². The maximum absolute atomic E-state index is 6.13. The van der Waals surface area contributed by atoms with Crippen molar-refractivity contribution in [2.24, 2.45) is 5.41 Å². The lowest BCUT2D eigenvalue weighted by molar-refractivity contribution is 0.205. The standard InChI is InChI=1S/C13H17ClS2/c14-12-5-2-1-4-11(12)8-16-10-13(9-15)6-3-7-13/h1-2,4-5,15H,3,6-10H2. The Morgan fingerprint density at radius 2 is 2.06 bits per heavy atom. The van der Waals surface area contributed by atoms with E-state index in [0.717, 1.165) is 16.5 Å². The van der Waals surface area contributed by atoms with Crippen molar-refractivity contribution in [3.8, 4) is 0 Å². The van der Waals surface area contributed by atoms with Crippen LogP contribution < -0.4 is 0 Å². The van der Waals surface area contributed by atoms with Gasteiger partial charge in [0.1, 0.15) is 0 Å². The minimum atomic E-state index is 0.523. The second kappa shape index (κ2) is 5.70. The molecule has 0 aliphatic heterocycles. The van der Waals surface area contributed by atoms with Gasteiger partial charge in [0.15, 0.2) is 0 Å². The highest BCUT2D eigenvalue weighted by molar-refractivity contribution is 7.98. The molecule has 1 aromatic rings. The Balaban J connectivity index is 1.82. The van der Waals surface area contributed by atoms with E-state index < -0.39 is 0 Å². The summed E-state index contributed by atoms with van der Waals surface area (Å²) in [7, 11) is 0. The molecule has 0 radical (unpaired) electrons. The third-order valence-electron chi connectivity index (χ3n) is 3.37. The largest absolute Gasteiger partial charge is 0.179 e. The molecule has 0 bridgehead atoms. The molecule has 0 saturated heterocycles. The van der Waals surface area contributed by atoms with Crippen molar-refractivity contribution in [2.45, 2.75) is 25.0 Å². The van der Waals surface area contributed by atoms with E-state index in [4.69, 9.17) is 11.6 Å². The molecule has 0 heterocycles. The zero-order chi connectivity index (χ0) is 11.4. The van der Waals surface area contributed by atoms with Gasteiger partial charge in [0.05, 0.1) is 0 Å². The number of rotatable bonds is 5. The Morgan fingerprint density at radius 3 is 2.62 bits per heavy atom. The Labute approximate surface area is 113 Å². The molecule has 0 N–H and O–H groups in total. The zero-order valence-electron chi connectivity index (χ0n) is 9.29. The molecular weight excluding hydrogens is 256 g/mol. The van der Waals surface area contributed by atoms with Crippen LogP contribution >= 0.6 is 36.0 Å². The summed E-state index contributed by atoms with van der Waals surface area (Å²) in [6, 6.07) is 8.12. The molecule has 1 aliphatic rings. The number of hydrogen-bond acceptors (Lipinski definition) is 2. The van der Waals surface area contributed by atoms with E-state index in [9.17, 15) is 0 Å². The molecule has 0 unspecified atom stereocenters. The topological polar surface area (TPSA) is 0 Å². The van der Waals surface area contributed by atoms with Crippen LogP contribution in [0.25, 0.3) is 0 Å². The fourth-order valence-electron chi connectivity index (χ4n) is 2.02. The SMILES string of the molecule is SCC1(CSCc2ccccc2Cl)CCC1. The van der Waals surface area contributed by atoms with Crippen LogP contribution in [0.2, 0.25) is 5.02 Å². The summed E-state index contributed by atoms with van der Waals surface area (Å²) in [6.45, 7) is 0. The zero-order valence-corrected chi connectivity index (χ0v) is 11.8. The lowest BCUT2D eigenvalue weighted by Gasteiger charge is -2.40. The van der Waals surface area contributed by atoms with Crippen molar-refractivity contribution in [1.82, 2.24) is 0 Å². The summed E-state index contributed by atoms with van der Waals surface area (Å²) in [5.41, 5.74) is 1.78. The highest BCUT2D eigenvalue weighted by Gasteiger charge is 2.35. The molecule has 0 spiro atoms. The average Bonchev–Trinajstić information content (AvgIpc) is 2.25. The number of halogens is 1. The lowest BCUT2D eigenvalue weighted by atomic mass is 9.72. The van der Waals surface area contributed by atoms with Crippen molar-refractivity contribution in [1.29, 1.82) is 0 Å². The molecule has 1 fully saturated rings. The van der Waals surface area contributed by atoms with Crippen molar-refractivity contribution >= 4 is 36.0 Å². The summed E-state index contributed by atoms with van der Waals surface area (Å²) in [5, 5.41) is 0.892. The average molecular weight is 273 g/mol. The van der Waals surface area contributed by atoms with E-state index in [1.165, 1.54) is 30.6 Å². The van der Waals surface area contributed by atoms with E-state index in [1.54, 1.807) is 0 Å². The normalized spacial score (nSPS) is 18.1. The van der Waals surface area contributed by atoms with Crippen LogP contribution in [0.1, 0.15) is 24.8 Å². The molecular formula is C13H17ClS2. The van der Waals surface area contributed by atoms with Gasteiger partial charge >= 0.3 is 0 Å². The molecule has 0 amide bonds. The summed E-state index contributed by atoms with van der Waals surface area (Å²) in [5.74, 6) is 3.28. The van der Waals surface area contributed by atoms with Crippen molar-refractivity contribution < 1.29 is 0 Å². The molecule has 0 aromatic heterocycles. The van der Waals surface area contributed by atoms with E-state index >= 15 is 0 Å². The number of thioether (sulfide) groups is 1. The second-order valence-corrected chi connectivity index (χ2v) is 6.30. The number of benzene rings is 1. The van der Waals surface area contributed by atoms with Crippen LogP contribution in [0, 0.1) is 5.41 Å². The fourth-order valence-corrected chi connectivity index (χ4v) is 4.28. The second-order valence-electron chi connectivity index (χ2n) is 4.60. The van der Waals surface area contributed by atoms with Gasteiger partial charge in [-0.3, -0.25) is 0 Å². The molecule has 1 aromatic carbocycles. The van der Waals surface area contributed by atoms with Gasteiger partial charge in [-0.25, -0.2) is 0 Å². The minimum Gasteiger partial charge on any atom is -0.179 e. The molecule has 0 atom stereocenters. The molecule has 2 rings (SSSR count). The Hall–Kier alpha value is 0.210. The quantitative estimate of drug-likeness (QED) is 0.760. The molecule has 1 aliphatic carbocycles. The van der Waals surface area contributed by atoms with Gasteiger partial charge < -0.3 is 0 Å². The Kier molecular flexibility index (Phi) is 4.51. The summed E-state index contributed by atoms with van der Waals surface area (Å²) in [4.78, 5) is 0. The lowest BCUT2D eigenvalue weighted by Crippen LogP contribution is -2.33. The summed E-state index contributed by atoms with van der Waals surface area (Å²) in [6.07, 6.45) is 4.09. The minimum absolute atomic E-state index is 0.523. The van der Waals surface area contributed by atoms with E-state index in [0.29, 0.717) is 5.41 Å². The predicted molar refractivity (Wildman–Crippen MR) is 77.8 cm³/mol. The number of hydrogen-bond donors (Lipinski definition) is 1. The smallest absolute Gasteiger partial charge is 0.0446 e. The van der Waals surface area contributed by atoms with Gasteiger partial charge in [0.25, 0.3) is 0 Å². The summed E-state index contributed by atoms with van der Waals surface area (Å²) < 4.78 is 0. The van der Waals surface area contributed by atoms with E-state index in [1.807, 2.05) is 23.9 Å². The van der Waals surface area contributed by atoms with Crippen LogP contribution in [-0.4, -0.2) is 11.5 Å². The van der Waals surface area contributed by atoms with E-state index in [-0.39, 0.29) is 0 Å². The van der Waals surface area contributed by atoms with Crippen LogP contribution in [0.5, 0.6) is 0 Å². The van der Waals surface area contributed by atoms with Gasteiger partial charge in [-0.15, -0.1) is 0 Å². The fraction of sp³-hybridized carbons (Fsp3) is 0.538. The van der Waals surface area contributed by atoms with Gasteiger partial charge in [0, 0.05) is 16.5 Å². The maximum Gasteiger partial charge on any atom is 0.0446 e. The Morgan fingerprint density at radius 1 is 1.31 bits per heavy atom. The summed E-state index contributed by atoms with van der Waals surface area (Å²) >= 11 is 12.6. The highest BCUT2D eigenvalue weighted by atomic mass is 35.5. The number of thiol groups is 1. The van der Waals surface area contributed by atoms with E-state index in [2.05, 4.69) is 24.8 Å². The van der Waals surface area contributed by atoms with Gasteiger partial charge in [-0.2, -0.15) is 24.4 Å². The van der Waals surface area contributed by atoms with Gasteiger partial charge in [-0.1, -0.05) is 36.2 Å². The first kappa shape index (κ1) is 12.7. The molecule has 1 saturated carbocycles. The first-order valence-electron chi connectivity index (χ1n) is 5.68. The molecule has 0 nitrogen and oxygen atoms in total. The molecule has 16 heavy (non-hydrogen) atoms. The van der Waals surface area contributed by atoms with Crippen molar-refractivity contribution in [3.63, 3.8) is 0 Å². The third kappa shape index (κ3) is 2.91. The Bertz CT molecular complexity index is 342. The van der Waals surface area contributed by atoms with Crippen molar-refractivity contribution in [2.75, 3.05) is 11.5 Å². The molecule has 3 heteroatoms.